The smallest absolute Gasteiger partial charge is 0.251 e. The van der Waals surface area contributed by atoms with Gasteiger partial charge in [0.2, 0.25) is 0 Å². The van der Waals surface area contributed by atoms with Crippen LogP contribution >= 0.6 is 0 Å². The molecule has 0 saturated heterocycles. The molecule has 0 saturated carbocycles. The van der Waals surface area contributed by atoms with Crippen LogP contribution in [0, 0.1) is 6.92 Å². The van der Waals surface area contributed by atoms with Gasteiger partial charge < -0.3 is 15.1 Å². The average Bonchev–Trinajstić information content (AvgIpc) is 3.05. The molecule has 3 rings (SSSR count). The molecule has 1 unspecified atom stereocenters. The fourth-order valence-electron chi connectivity index (χ4n) is 2.48. The molecule has 1 atom stereocenters. The average molecular weight is 270 g/mol. The molecule has 1 aromatic carbocycles. The van der Waals surface area contributed by atoms with Crippen LogP contribution in [-0.2, 0) is 6.42 Å². The number of anilines is 1. The van der Waals surface area contributed by atoms with Gasteiger partial charge in [0.1, 0.15) is 11.5 Å². The first kappa shape index (κ1) is 12.8. The third-order valence-corrected chi connectivity index (χ3v) is 3.61. The maximum atomic E-state index is 12.3. The Morgan fingerprint density at radius 3 is 2.95 bits per heavy atom. The molecule has 0 radical (unpaired) electrons. The van der Waals surface area contributed by atoms with E-state index in [9.17, 15) is 4.79 Å². The van der Waals surface area contributed by atoms with Crippen molar-refractivity contribution in [3.63, 3.8) is 0 Å². The van der Waals surface area contributed by atoms with Crippen LogP contribution in [0.15, 0.2) is 34.7 Å². The molecule has 2 N–H and O–H groups in total. The Bertz CT molecular complexity index is 646. The zero-order valence-electron chi connectivity index (χ0n) is 11.7. The van der Waals surface area contributed by atoms with E-state index in [1.165, 1.54) is 5.56 Å². The number of hydrogen-bond donors (Lipinski definition) is 2. The predicted molar refractivity (Wildman–Crippen MR) is 78.0 cm³/mol. The summed E-state index contributed by atoms with van der Waals surface area (Å²) in [6.45, 7) is 4.76. The van der Waals surface area contributed by atoms with Crippen molar-refractivity contribution < 1.29 is 9.21 Å². The summed E-state index contributed by atoms with van der Waals surface area (Å²) >= 11 is 0. The van der Waals surface area contributed by atoms with Crippen LogP contribution in [-0.4, -0.2) is 12.5 Å². The Morgan fingerprint density at radius 2 is 2.20 bits per heavy atom. The molecule has 4 nitrogen and oxygen atoms in total. The maximum Gasteiger partial charge on any atom is 0.251 e. The highest BCUT2D eigenvalue weighted by Gasteiger charge is 2.16. The number of rotatable bonds is 3. The zero-order chi connectivity index (χ0) is 14.1. The van der Waals surface area contributed by atoms with Crippen molar-refractivity contribution in [3.8, 4) is 0 Å². The Balaban J connectivity index is 1.73. The van der Waals surface area contributed by atoms with E-state index < -0.39 is 0 Å². The number of benzene rings is 1. The summed E-state index contributed by atoms with van der Waals surface area (Å²) in [7, 11) is 0. The topological polar surface area (TPSA) is 54.3 Å². The van der Waals surface area contributed by atoms with E-state index in [-0.39, 0.29) is 11.9 Å². The van der Waals surface area contributed by atoms with Gasteiger partial charge in [-0.1, -0.05) is 0 Å². The number of carbonyl (C=O) groups is 1. The standard InChI is InChI=1S/C16H18N2O2/c1-10-3-6-15(20-10)11(2)18-16(19)13-4-5-14-12(9-13)7-8-17-14/h3-6,9,11,17H,7-8H2,1-2H3,(H,18,19). The Hall–Kier alpha value is -2.23. The van der Waals surface area contributed by atoms with Gasteiger partial charge in [-0.15, -0.1) is 0 Å². The number of carbonyl (C=O) groups excluding carboxylic acids is 1. The lowest BCUT2D eigenvalue weighted by atomic mass is 10.1. The van der Waals surface area contributed by atoms with Crippen LogP contribution in [0.5, 0.6) is 0 Å². The van der Waals surface area contributed by atoms with E-state index in [0.29, 0.717) is 5.56 Å². The molecule has 1 aliphatic rings. The third-order valence-electron chi connectivity index (χ3n) is 3.61. The molecule has 0 aliphatic carbocycles. The van der Waals surface area contributed by atoms with E-state index in [1.807, 2.05) is 44.2 Å². The first-order valence-electron chi connectivity index (χ1n) is 6.87. The molecule has 0 spiro atoms. The van der Waals surface area contributed by atoms with Crippen molar-refractivity contribution in [1.82, 2.24) is 5.32 Å². The van der Waals surface area contributed by atoms with E-state index in [1.54, 1.807) is 0 Å². The summed E-state index contributed by atoms with van der Waals surface area (Å²) in [6, 6.07) is 9.45. The largest absolute Gasteiger partial charge is 0.464 e. The highest BCUT2D eigenvalue weighted by atomic mass is 16.3. The first-order valence-corrected chi connectivity index (χ1v) is 6.87. The number of fused-ring (bicyclic) bond motifs is 1. The zero-order valence-corrected chi connectivity index (χ0v) is 11.7. The Morgan fingerprint density at radius 1 is 1.35 bits per heavy atom. The normalized spacial score (nSPS) is 14.5. The highest BCUT2D eigenvalue weighted by Crippen LogP contribution is 2.23. The minimum absolute atomic E-state index is 0.0683. The second-order valence-corrected chi connectivity index (χ2v) is 5.19. The SMILES string of the molecule is Cc1ccc(C(C)NC(=O)c2ccc3c(c2)CCN3)o1. The van der Waals surface area contributed by atoms with E-state index in [2.05, 4.69) is 10.6 Å². The molecule has 1 amide bonds. The van der Waals surface area contributed by atoms with E-state index >= 15 is 0 Å². The molecule has 104 valence electrons. The van der Waals surface area contributed by atoms with Gasteiger partial charge in [0, 0.05) is 17.8 Å². The van der Waals surface area contributed by atoms with Gasteiger partial charge in [-0.2, -0.15) is 0 Å². The molecule has 1 aromatic heterocycles. The molecule has 4 heteroatoms. The summed E-state index contributed by atoms with van der Waals surface area (Å²) in [5, 5.41) is 6.25. The predicted octanol–water partition coefficient (Wildman–Crippen LogP) is 3.05. The lowest BCUT2D eigenvalue weighted by Gasteiger charge is -2.12. The van der Waals surface area contributed by atoms with Gasteiger partial charge in [0.25, 0.3) is 5.91 Å². The van der Waals surface area contributed by atoms with Crippen LogP contribution in [0.4, 0.5) is 5.69 Å². The molecule has 20 heavy (non-hydrogen) atoms. The summed E-state index contributed by atoms with van der Waals surface area (Å²) in [4.78, 5) is 12.3. The molecule has 0 fully saturated rings. The fraction of sp³-hybridized carbons (Fsp3) is 0.312. The van der Waals surface area contributed by atoms with Gasteiger partial charge in [0.05, 0.1) is 6.04 Å². The van der Waals surface area contributed by atoms with Crippen molar-refractivity contribution in [3.05, 3.63) is 53.0 Å². The molecule has 2 heterocycles. The molecular weight excluding hydrogens is 252 g/mol. The monoisotopic (exact) mass is 270 g/mol. The summed E-state index contributed by atoms with van der Waals surface area (Å²) in [6.07, 6.45) is 0.976. The summed E-state index contributed by atoms with van der Waals surface area (Å²) in [5.41, 5.74) is 3.04. The number of amides is 1. The van der Waals surface area contributed by atoms with Gasteiger partial charge in [0.15, 0.2) is 0 Å². The van der Waals surface area contributed by atoms with Crippen LogP contribution < -0.4 is 10.6 Å². The van der Waals surface area contributed by atoms with E-state index in [4.69, 9.17) is 4.42 Å². The summed E-state index contributed by atoms with van der Waals surface area (Å²) in [5.74, 6) is 1.56. The van der Waals surface area contributed by atoms with Crippen LogP contribution in [0.1, 0.15) is 40.4 Å². The lowest BCUT2D eigenvalue weighted by molar-refractivity contribution is 0.0935. The number of nitrogens with one attached hydrogen (secondary N) is 2. The quantitative estimate of drug-likeness (QED) is 0.901. The van der Waals surface area contributed by atoms with E-state index in [0.717, 1.165) is 30.2 Å². The number of hydrogen-bond acceptors (Lipinski definition) is 3. The first-order chi connectivity index (χ1) is 9.63. The second kappa shape index (κ2) is 5.04. The van der Waals surface area contributed by atoms with Crippen LogP contribution in [0.2, 0.25) is 0 Å². The second-order valence-electron chi connectivity index (χ2n) is 5.19. The molecular formula is C16H18N2O2. The number of furan rings is 1. The highest BCUT2D eigenvalue weighted by molar-refractivity contribution is 5.95. The van der Waals surface area contributed by atoms with Gasteiger partial charge in [-0.25, -0.2) is 0 Å². The Kier molecular flexibility index (Phi) is 3.22. The van der Waals surface area contributed by atoms with Gasteiger partial charge in [-0.3, -0.25) is 4.79 Å². The Labute approximate surface area is 118 Å². The fourth-order valence-corrected chi connectivity index (χ4v) is 2.48. The summed E-state index contributed by atoms with van der Waals surface area (Å²) < 4.78 is 5.53. The minimum atomic E-state index is -0.137. The molecule has 2 aromatic rings. The van der Waals surface area contributed by atoms with Gasteiger partial charge >= 0.3 is 0 Å². The maximum absolute atomic E-state index is 12.3. The van der Waals surface area contributed by atoms with Gasteiger partial charge in [-0.05, 0) is 56.2 Å². The lowest BCUT2D eigenvalue weighted by Crippen LogP contribution is -2.26. The minimum Gasteiger partial charge on any atom is -0.464 e. The van der Waals surface area contributed by atoms with Crippen molar-refractivity contribution in [2.24, 2.45) is 0 Å². The molecule has 1 aliphatic heterocycles. The van der Waals surface area contributed by atoms with Crippen LogP contribution in [0.25, 0.3) is 0 Å². The number of aryl methyl sites for hydroxylation is 1. The van der Waals surface area contributed by atoms with Crippen molar-refractivity contribution >= 4 is 11.6 Å². The van der Waals surface area contributed by atoms with Crippen molar-refractivity contribution in [2.45, 2.75) is 26.3 Å². The van der Waals surface area contributed by atoms with Crippen molar-refractivity contribution in [1.29, 1.82) is 0 Å². The molecule has 0 bridgehead atoms. The van der Waals surface area contributed by atoms with Crippen LogP contribution in [0.3, 0.4) is 0 Å². The van der Waals surface area contributed by atoms with Crippen molar-refractivity contribution in [2.75, 3.05) is 11.9 Å². The third kappa shape index (κ3) is 2.41.